The monoisotopic (exact) mass is 858 g/mol. The van der Waals surface area contributed by atoms with Gasteiger partial charge in [0.2, 0.25) is 5.01 Å². The summed E-state index contributed by atoms with van der Waals surface area (Å²) in [4.78, 5) is 60.7. The standard InChI is InChI=1S/C42H46N14O3S2/c1-4-30-21-36-37(47-38(30)57)20-29(22-45-36)24-53-15-17-54(18-16-53)34-7-8-35(46-23-34)39(58)44-11-14-56-25-32(48-51-56)9-12-52(3)41(59)40-49-50-42(61-40)60-26-31-5-6-33(19-28(31)2)55-13-10-43-27-55/h5-8,10,13,19-23,25,27H,4,9,11-12,14-18,24,26H2,1-3H3,(H,44,58)(H,47,57). The van der Waals surface area contributed by atoms with Crippen molar-refractivity contribution in [2.45, 2.75) is 49.9 Å². The Balaban J connectivity index is 0.731. The van der Waals surface area contributed by atoms with Crippen LogP contribution < -0.4 is 15.8 Å². The molecule has 2 amide bonds. The minimum absolute atomic E-state index is 0.0549. The molecule has 0 radical (unpaired) electrons. The predicted molar refractivity (Wildman–Crippen MR) is 234 cm³/mol. The molecule has 6 aromatic heterocycles. The molecular weight excluding hydrogens is 813 g/mol. The van der Waals surface area contributed by atoms with Gasteiger partial charge in [0.05, 0.1) is 41.5 Å². The quantitative estimate of drug-likeness (QED) is 0.132. The molecule has 19 heteroatoms. The number of carbonyl (C=O) groups is 2. The van der Waals surface area contributed by atoms with Crippen LogP contribution in [0, 0.1) is 6.92 Å². The number of hydrogen-bond acceptors (Lipinski definition) is 14. The first-order chi connectivity index (χ1) is 29.7. The number of piperazine rings is 1. The summed E-state index contributed by atoms with van der Waals surface area (Å²) in [6.07, 6.45) is 12.1. The third kappa shape index (κ3) is 10.2. The van der Waals surface area contributed by atoms with Crippen LogP contribution in [0.5, 0.6) is 0 Å². The molecule has 1 aromatic carbocycles. The average Bonchev–Trinajstić information content (AvgIpc) is 4.09. The topological polar surface area (TPSA) is 189 Å². The molecule has 0 unspecified atom stereocenters. The third-order valence-electron chi connectivity index (χ3n) is 10.7. The number of nitrogens with one attached hydrogen (secondary N) is 2. The SMILES string of the molecule is CCc1cc2ncc(CN3CCN(c4ccc(C(=O)NCCn5cc(CCN(C)C(=O)c6nnc(SCc7ccc(-n8ccnc8)cc7C)s6)nn5)nc4)CC3)cc2[nH]c1=O. The minimum Gasteiger partial charge on any atom is -0.368 e. The largest absolute Gasteiger partial charge is 0.368 e. The molecule has 0 spiro atoms. The molecule has 0 aliphatic carbocycles. The molecule has 17 nitrogen and oxygen atoms in total. The molecule has 2 N–H and O–H groups in total. The minimum atomic E-state index is -0.262. The van der Waals surface area contributed by atoms with E-state index in [4.69, 9.17) is 0 Å². The second-order valence-electron chi connectivity index (χ2n) is 14.9. The summed E-state index contributed by atoms with van der Waals surface area (Å²) >= 11 is 2.85. The second-order valence-corrected chi connectivity index (χ2v) is 17.1. The van der Waals surface area contributed by atoms with Crippen LogP contribution in [0.25, 0.3) is 16.7 Å². The summed E-state index contributed by atoms with van der Waals surface area (Å²) in [6, 6.07) is 13.9. The van der Waals surface area contributed by atoms with Crippen molar-refractivity contribution in [2.24, 2.45) is 0 Å². The van der Waals surface area contributed by atoms with Crippen molar-refractivity contribution in [2.75, 3.05) is 51.2 Å². The van der Waals surface area contributed by atoms with E-state index in [1.54, 1.807) is 53.2 Å². The predicted octanol–water partition coefficient (Wildman–Crippen LogP) is 4.18. The Morgan fingerprint density at radius 3 is 2.61 bits per heavy atom. The van der Waals surface area contributed by atoms with Crippen LogP contribution in [0.4, 0.5) is 5.69 Å². The van der Waals surface area contributed by atoms with E-state index in [0.717, 1.165) is 82.0 Å². The number of hydrogen-bond donors (Lipinski definition) is 2. The number of carbonyl (C=O) groups excluding carboxylic acids is 2. The fourth-order valence-electron chi connectivity index (χ4n) is 7.04. The summed E-state index contributed by atoms with van der Waals surface area (Å²) in [7, 11) is 1.74. The van der Waals surface area contributed by atoms with E-state index in [2.05, 4.69) is 80.7 Å². The maximum Gasteiger partial charge on any atom is 0.284 e. The maximum atomic E-state index is 13.1. The van der Waals surface area contributed by atoms with Crippen LogP contribution in [0.1, 0.15) is 55.2 Å². The molecule has 7 heterocycles. The van der Waals surface area contributed by atoms with Crippen molar-refractivity contribution in [1.82, 2.24) is 64.8 Å². The summed E-state index contributed by atoms with van der Waals surface area (Å²) in [5.74, 6) is 0.265. The number of benzene rings is 1. The van der Waals surface area contributed by atoms with Gasteiger partial charge in [-0.25, -0.2) is 9.97 Å². The Kier molecular flexibility index (Phi) is 12.9. The molecule has 1 fully saturated rings. The molecule has 0 bridgehead atoms. The van der Waals surface area contributed by atoms with Gasteiger partial charge in [-0.2, -0.15) is 0 Å². The lowest BCUT2D eigenvalue weighted by molar-refractivity contribution is 0.0794. The van der Waals surface area contributed by atoms with Crippen LogP contribution >= 0.6 is 23.1 Å². The highest BCUT2D eigenvalue weighted by molar-refractivity contribution is 8.00. The molecule has 314 valence electrons. The smallest absolute Gasteiger partial charge is 0.284 e. The van der Waals surface area contributed by atoms with Gasteiger partial charge in [0.25, 0.3) is 17.4 Å². The van der Waals surface area contributed by atoms with Gasteiger partial charge in [0.1, 0.15) is 5.69 Å². The average molecular weight is 859 g/mol. The zero-order valence-corrected chi connectivity index (χ0v) is 35.8. The Morgan fingerprint density at radius 1 is 0.984 bits per heavy atom. The molecule has 61 heavy (non-hydrogen) atoms. The van der Waals surface area contributed by atoms with Gasteiger partial charge in [-0.1, -0.05) is 41.3 Å². The van der Waals surface area contributed by atoms with Gasteiger partial charge in [-0.05, 0) is 66.4 Å². The van der Waals surface area contributed by atoms with E-state index < -0.39 is 0 Å². The number of amides is 2. The molecule has 0 saturated carbocycles. The number of nitrogens with zero attached hydrogens (tertiary/aromatic N) is 12. The van der Waals surface area contributed by atoms with Crippen molar-refractivity contribution in [1.29, 1.82) is 0 Å². The van der Waals surface area contributed by atoms with Crippen LogP contribution in [0.15, 0.2) is 88.9 Å². The lowest BCUT2D eigenvalue weighted by Gasteiger charge is -2.36. The normalized spacial score (nSPS) is 13.2. The Bertz CT molecular complexity index is 2670. The molecule has 1 aliphatic heterocycles. The summed E-state index contributed by atoms with van der Waals surface area (Å²) in [5.41, 5.74) is 8.78. The van der Waals surface area contributed by atoms with Crippen molar-refractivity contribution in [3.05, 3.63) is 129 Å². The number of aromatic nitrogens is 10. The van der Waals surface area contributed by atoms with Crippen molar-refractivity contribution >= 4 is 51.6 Å². The van der Waals surface area contributed by atoms with Crippen LogP contribution in [-0.2, 0) is 31.7 Å². The number of imidazole rings is 1. The van der Waals surface area contributed by atoms with Crippen molar-refractivity contribution in [3.63, 3.8) is 0 Å². The summed E-state index contributed by atoms with van der Waals surface area (Å²) in [6.45, 7) is 9.39. The number of aryl methyl sites for hydroxylation is 2. The van der Waals surface area contributed by atoms with Crippen molar-refractivity contribution in [3.8, 4) is 5.69 Å². The lowest BCUT2D eigenvalue weighted by atomic mass is 10.1. The van der Waals surface area contributed by atoms with E-state index >= 15 is 0 Å². The van der Waals surface area contributed by atoms with E-state index in [1.807, 2.05) is 48.3 Å². The van der Waals surface area contributed by atoms with Crippen LogP contribution in [0.3, 0.4) is 0 Å². The molecule has 0 atom stereocenters. The molecule has 8 rings (SSSR count). The molecule has 1 aliphatic rings. The summed E-state index contributed by atoms with van der Waals surface area (Å²) < 4.78 is 4.38. The number of H-pyrrole nitrogens is 1. The number of aromatic amines is 1. The van der Waals surface area contributed by atoms with Crippen molar-refractivity contribution < 1.29 is 9.59 Å². The fourth-order valence-corrected chi connectivity index (χ4v) is 8.96. The Labute approximate surface area is 360 Å². The highest BCUT2D eigenvalue weighted by Gasteiger charge is 2.20. The first-order valence-corrected chi connectivity index (χ1v) is 21.9. The second kappa shape index (κ2) is 18.9. The van der Waals surface area contributed by atoms with Gasteiger partial charge >= 0.3 is 0 Å². The lowest BCUT2D eigenvalue weighted by Crippen LogP contribution is -2.46. The Morgan fingerprint density at radius 2 is 1.84 bits per heavy atom. The number of pyridine rings is 3. The van der Waals surface area contributed by atoms with E-state index in [0.29, 0.717) is 43.2 Å². The third-order valence-corrected chi connectivity index (χ3v) is 12.8. The van der Waals surface area contributed by atoms with Gasteiger partial charge in [-0.15, -0.1) is 15.3 Å². The number of likely N-dealkylation sites (N-methyl/N-ethyl adjacent to an activating group) is 1. The number of rotatable bonds is 16. The zero-order valence-electron chi connectivity index (χ0n) is 34.2. The highest BCUT2D eigenvalue weighted by atomic mass is 32.2. The number of thioether (sulfide) groups is 1. The van der Waals surface area contributed by atoms with Gasteiger partial charge in [0, 0.05) is 101 Å². The first-order valence-electron chi connectivity index (χ1n) is 20.1. The Hall–Kier alpha value is -6.31. The summed E-state index contributed by atoms with van der Waals surface area (Å²) in [5, 5.41) is 20.1. The van der Waals surface area contributed by atoms with E-state index in [9.17, 15) is 14.4 Å². The van der Waals surface area contributed by atoms with Crippen LogP contribution in [-0.4, -0.2) is 118 Å². The molecule has 1 saturated heterocycles. The van der Waals surface area contributed by atoms with Gasteiger partial charge in [0.15, 0.2) is 4.34 Å². The number of anilines is 1. The zero-order chi connectivity index (χ0) is 42.3. The molecule has 7 aromatic rings. The highest BCUT2D eigenvalue weighted by Crippen LogP contribution is 2.28. The fraction of sp³-hybridized carbons (Fsp3) is 0.333. The van der Waals surface area contributed by atoms with E-state index in [-0.39, 0.29) is 17.4 Å². The first kappa shape index (κ1) is 41.4. The number of fused-ring (bicyclic) bond motifs is 1. The van der Waals surface area contributed by atoms with Crippen LogP contribution in [0.2, 0.25) is 0 Å². The van der Waals surface area contributed by atoms with Gasteiger partial charge < -0.3 is 24.7 Å². The van der Waals surface area contributed by atoms with Gasteiger partial charge in [-0.3, -0.25) is 28.9 Å². The maximum absolute atomic E-state index is 13.1. The van der Waals surface area contributed by atoms with E-state index in [1.165, 1.54) is 22.5 Å². The molecular formula is C42H46N14O3S2.